The first kappa shape index (κ1) is 15.5. The summed E-state index contributed by atoms with van der Waals surface area (Å²) in [6.07, 6.45) is 9.50. The lowest BCUT2D eigenvalue weighted by Crippen LogP contribution is -2.14. The zero-order valence-electron chi connectivity index (χ0n) is 13.0. The van der Waals surface area contributed by atoms with Gasteiger partial charge in [0, 0.05) is 11.7 Å². The second kappa shape index (κ2) is 8.39. The highest BCUT2D eigenvalue weighted by atomic mass is 15.5. The number of anilines is 1. The Bertz CT molecular complexity index is 492. The molecule has 21 heavy (non-hydrogen) atoms. The van der Waals surface area contributed by atoms with Gasteiger partial charge in [0.05, 0.1) is 5.69 Å². The van der Waals surface area contributed by atoms with Crippen molar-refractivity contribution in [2.45, 2.75) is 58.4 Å². The van der Waals surface area contributed by atoms with Gasteiger partial charge in [-0.1, -0.05) is 39.0 Å². The quantitative estimate of drug-likeness (QED) is 0.712. The number of rotatable bonds is 9. The van der Waals surface area contributed by atoms with Crippen LogP contribution in [-0.4, -0.2) is 26.2 Å². The van der Waals surface area contributed by atoms with Crippen LogP contribution in [0.25, 0.3) is 5.69 Å². The maximum absolute atomic E-state index is 3.88. The molecule has 0 radical (unpaired) electrons. The number of aromatic nitrogens is 4. The Balaban J connectivity index is 1.75. The van der Waals surface area contributed by atoms with Gasteiger partial charge in [-0.3, -0.25) is 0 Å². The Morgan fingerprint density at radius 1 is 1.10 bits per heavy atom. The Labute approximate surface area is 126 Å². The fraction of sp³-hybridized carbons (Fsp3) is 0.562. The van der Waals surface area contributed by atoms with Crippen LogP contribution in [0, 0.1) is 0 Å². The first-order valence-corrected chi connectivity index (χ1v) is 7.89. The largest absolute Gasteiger partial charge is 0.383 e. The molecule has 0 aliphatic rings. The molecule has 5 heteroatoms. The van der Waals surface area contributed by atoms with Crippen molar-refractivity contribution in [3.8, 4) is 5.69 Å². The molecule has 114 valence electrons. The van der Waals surface area contributed by atoms with Gasteiger partial charge in [0.15, 0.2) is 0 Å². The normalized spacial score (nSPS) is 12.3. The summed E-state index contributed by atoms with van der Waals surface area (Å²) in [6, 6.07) is 8.69. The summed E-state index contributed by atoms with van der Waals surface area (Å²) in [5.74, 6) is 0. The molecule has 1 heterocycles. The topological polar surface area (TPSA) is 55.6 Å². The average molecular weight is 287 g/mol. The molecule has 1 atom stereocenters. The Morgan fingerprint density at radius 2 is 1.86 bits per heavy atom. The van der Waals surface area contributed by atoms with Crippen LogP contribution in [0.3, 0.4) is 0 Å². The van der Waals surface area contributed by atoms with E-state index >= 15 is 0 Å². The Kier molecular flexibility index (Phi) is 6.19. The molecule has 0 saturated heterocycles. The molecule has 0 bridgehead atoms. The third-order valence-corrected chi connectivity index (χ3v) is 3.63. The van der Waals surface area contributed by atoms with E-state index < -0.39 is 0 Å². The first-order chi connectivity index (χ1) is 10.3. The van der Waals surface area contributed by atoms with Gasteiger partial charge in [0.2, 0.25) is 0 Å². The molecular weight excluding hydrogens is 262 g/mol. The molecule has 2 aromatic rings. The lowest BCUT2D eigenvalue weighted by atomic mass is 10.1. The Hall–Kier alpha value is -1.91. The highest BCUT2D eigenvalue weighted by Gasteiger charge is 2.03. The lowest BCUT2D eigenvalue weighted by molar-refractivity contribution is 0.578. The summed E-state index contributed by atoms with van der Waals surface area (Å²) in [6.45, 7) is 4.50. The van der Waals surface area contributed by atoms with Gasteiger partial charge in [-0.2, -0.15) is 0 Å². The average Bonchev–Trinajstić information content (AvgIpc) is 3.02. The Morgan fingerprint density at radius 3 is 2.52 bits per heavy atom. The fourth-order valence-electron chi connectivity index (χ4n) is 2.40. The molecular formula is C16H25N5. The number of nitrogens with one attached hydrogen (secondary N) is 1. The van der Waals surface area contributed by atoms with Gasteiger partial charge >= 0.3 is 0 Å². The van der Waals surface area contributed by atoms with Crippen LogP contribution in [0.4, 0.5) is 5.69 Å². The monoisotopic (exact) mass is 287 g/mol. The zero-order chi connectivity index (χ0) is 14.9. The molecule has 0 spiro atoms. The second-order valence-corrected chi connectivity index (χ2v) is 5.55. The highest BCUT2D eigenvalue weighted by molar-refractivity contribution is 5.48. The van der Waals surface area contributed by atoms with Gasteiger partial charge < -0.3 is 5.32 Å². The van der Waals surface area contributed by atoms with Crippen molar-refractivity contribution in [2.24, 2.45) is 0 Å². The number of nitrogens with zero attached hydrogens (tertiary/aromatic N) is 4. The molecule has 1 aromatic carbocycles. The number of benzene rings is 1. The zero-order valence-corrected chi connectivity index (χ0v) is 13.0. The molecule has 1 aromatic heterocycles. The van der Waals surface area contributed by atoms with Crippen LogP contribution in [0.15, 0.2) is 30.6 Å². The van der Waals surface area contributed by atoms with Crippen molar-refractivity contribution >= 4 is 5.69 Å². The summed E-state index contributed by atoms with van der Waals surface area (Å²) in [5, 5.41) is 14.7. The van der Waals surface area contributed by atoms with Crippen LogP contribution in [-0.2, 0) is 0 Å². The lowest BCUT2D eigenvalue weighted by Gasteiger charge is -2.15. The van der Waals surface area contributed by atoms with E-state index in [9.17, 15) is 0 Å². The molecule has 1 unspecified atom stereocenters. The standard InChI is InChI=1S/C16H25N5/c1-3-4-5-6-7-8-14(2)18-15-9-11-16(12-10-15)21-13-17-19-20-21/h9-14,18H,3-8H2,1-2H3. The summed E-state index contributed by atoms with van der Waals surface area (Å²) in [7, 11) is 0. The summed E-state index contributed by atoms with van der Waals surface area (Å²) >= 11 is 0. The van der Waals surface area contributed by atoms with Crippen LogP contribution in [0.5, 0.6) is 0 Å². The van der Waals surface area contributed by atoms with Crippen LogP contribution >= 0.6 is 0 Å². The summed E-state index contributed by atoms with van der Waals surface area (Å²) in [4.78, 5) is 0. The molecule has 2 rings (SSSR count). The first-order valence-electron chi connectivity index (χ1n) is 7.89. The van der Waals surface area contributed by atoms with Gasteiger partial charge in [-0.25, -0.2) is 4.68 Å². The van der Waals surface area contributed by atoms with Crippen LogP contribution in [0.2, 0.25) is 0 Å². The van der Waals surface area contributed by atoms with Gasteiger partial charge in [0.25, 0.3) is 0 Å². The minimum absolute atomic E-state index is 0.505. The van der Waals surface area contributed by atoms with E-state index in [1.54, 1.807) is 11.0 Å². The number of hydrogen-bond donors (Lipinski definition) is 1. The highest BCUT2D eigenvalue weighted by Crippen LogP contribution is 2.15. The van der Waals surface area contributed by atoms with E-state index in [-0.39, 0.29) is 0 Å². The van der Waals surface area contributed by atoms with Crippen molar-refractivity contribution in [3.63, 3.8) is 0 Å². The fourth-order valence-corrected chi connectivity index (χ4v) is 2.40. The minimum atomic E-state index is 0.505. The molecule has 0 aliphatic carbocycles. The van der Waals surface area contributed by atoms with Crippen molar-refractivity contribution in [2.75, 3.05) is 5.32 Å². The van der Waals surface area contributed by atoms with E-state index in [0.717, 1.165) is 11.4 Å². The second-order valence-electron chi connectivity index (χ2n) is 5.55. The van der Waals surface area contributed by atoms with Crippen LogP contribution in [0.1, 0.15) is 52.4 Å². The van der Waals surface area contributed by atoms with Gasteiger partial charge in [0.1, 0.15) is 6.33 Å². The number of unbranched alkanes of at least 4 members (excludes halogenated alkanes) is 4. The third kappa shape index (κ3) is 5.17. The number of hydrogen-bond acceptors (Lipinski definition) is 4. The maximum atomic E-state index is 3.88. The van der Waals surface area contributed by atoms with Crippen molar-refractivity contribution in [3.05, 3.63) is 30.6 Å². The van der Waals surface area contributed by atoms with Crippen molar-refractivity contribution < 1.29 is 0 Å². The molecule has 5 nitrogen and oxygen atoms in total. The van der Waals surface area contributed by atoms with E-state index in [4.69, 9.17) is 0 Å². The molecule has 0 saturated carbocycles. The van der Waals surface area contributed by atoms with E-state index in [1.807, 2.05) is 12.1 Å². The summed E-state index contributed by atoms with van der Waals surface area (Å²) in [5.41, 5.74) is 2.12. The molecule has 0 fully saturated rings. The maximum Gasteiger partial charge on any atom is 0.143 e. The molecule has 1 N–H and O–H groups in total. The minimum Gasteiger partial charge on any atom is -0.383 e. The van der Waals surface area contributed by atoms with Crippen molar-refractivity contribution in [1.82, 2.24) is 20.2 Å². The van der Waals surface area contributed by atoms with E-state index in [1.165, 1.54) is 38.5 Å². The van der Waals surface area contributed by atoms with Crippen molar-refractivity contribution in [1.29, 1.82) is 0 Å². The number of tetrazole rings is 1. The third-order valence-electron chi connectivity index (χ3n) is 3.63. The van der Waals surface area contributed by atoms with Gasteiger partial charge in [-0.05, 0) is 48.0 Å². The predicted octanol–water partition coefficient (Wildman–Crippen LogP) is 3.82. The SMILES string of the molecule is CCCCCCCC(C)Nc1ccc(-n2cnnn2)cc1. The van der Waals surface area contributed by atoms with Crippen LogP contribution < -0.4 is 5.32 Å². The summed E-state index contributed by atoms with van der Waals surface area (Å²) < 4.78 is 1.65. The van der Waals surface area contributed by atoms with E-state index in [2.05, 4.69) is 46.8 Å². The molecule has 0 aliphatic heterocycles. The molecule has 0 amide bonds. The predicted molar refractivity (Wildman–Crippen MR) is 85.6 cm³/mol. The van der Waals surface area contributed by atoms with E-state index in [0.29, 0.717) is 6.04 Å². The van der Waals surface area contributed by atoms with Gasteiger partial charge in [-0.15, -0.1) is 5.10 Å². The smallest absolute Gasteiger partial charge is 0.143 e.